The van der Waals surface area contributed by atoms with Crippen LogP contribution in [0, 0.1) is 20.0 Å². The molecule has 0 atom stereocenters. The largest absolute Gasteiger partial charge is 0.458 e. The molecular weight excluding hydrogens is 1090 g/mol. The molecule has 426 valence electrons. The van der Waals surface area contributed by atoms with E-state index >= 15 is 0 Å². The van der Waals surface area contributed by atoms with E-state index in [0.717, 1.165) is 27.4 Å². The molecule has 0 aliphatic carbocycles. The van der Waals surface area contributed by atoms with Crippen LogP contribution < -0.4 is 30.1 Å². The Morgan fingerprint density at radius 2 is 1.06 bits per heavy atom. The van der Waals surface area contributed by atoms with Crippen LogP contribution in [0.4, 0.5) is 0 Å². The van der Waals surface area contributed by atoms with Gasteiger partial charge in [0.15, 0.2) is 8.07 Å². The van der Waals surface area contributed by atoms with Crippen LogP contribution in [0.15, 0.2) is 267 Å². The minimum absolute atomic E-state index is 0.00667. The van der Waals surface area contributed by atoms with Crippen molar-refractivity contribution in [2.24, 2.45) is 0 Å². The van der Waals surface area contributed by atoms with Crippen molar-refractivity contribution < 1.29 is 38.1 Å². The topological polar surface area (TPSA) is 35.9 Å². The number of nitrogens with zero attached hydrogens (tertiary/aromatic N) is 4. The van der Waals surface area contributed by atoms with Crippen LogP contribution in [-0.2, 0) is 10.8 Å². The molecule has 1 aliphatic rings. The second-order valence-electron chi connectivity index (χ2n) is 24.2. The van der Waals surface area contributed by atoms with E-state index in [1.807, 2.05) is 112 Å². The van der Waals surface area contributed by atoms with Gasteiger partial charge in [-0.25, -0.2) is 4.98 Å². The molecule has 15 rings (SSSR count). The van der Waals surface area contributed by atoms with Crippen LogP contribution in [0.25, 0.3) is 94.5 Å². The van der Waals surface area contributed by atoms with Gasteiger partial charge in [-0.1, -0.05) is 235 Å². The average molecular weight is 1170 g/mol. The summed E-state index contributed by atoms with van der Waals surface area (Å²) in [6.45, 7) is 6.52. The van der Waals surface area contributed by atoms with Crippen molar-refractivity contribution >= 4 is 61.7 Å². The first-order valence-corrected chi connectivity index (χ1v) is 30.9. The van der Waals surface area contributed by atoms with E-state index in [9.17, 15) is 16.4 Å². The maximum atomic E-state index is 10.1. The standard InChI is InChI=1S/C82H68N4OSi/c1-54-26-24-27-55(2)79(54)72-51-70-66-38-20-18-36-64(66)65-37-19-21-39-67(65)71-49-63(88(60-30-12-9-13-31-60,61-32-14-10-15-33-61)62-34-16-11-17-35-62)50-77-80(71)85(75(70)52-73(72)82(6,7)8)53-84(77)57-28-25-29-58(47-57)87-59-42-43-69-68-40-22-23-41-74(68)86(76(69)48-59)78-46-56(44-45-83-78)81(3,4)5/h9-52H,1-8H3/i1D3,2D3,9D,10D,11D,12D,13D,14D,15D,16D,17D,30D,31D,32D,33D,34D,35D. The Hall–Kier alpha value is -10.1. The Morgan fingerprint density at radius 1 is 0.477 bits per heavy atom. The molecule has 11 aromatic carbocycles. The Bertz CT molecular complexity index is 5960. The third-order valence-electron chi connectivity index (χ3n) is 16.9. The molecule has 0 unspecified atom stereocenters. The Kier molecular flexibility index (Phi) is 8.65. The Balaban J connectivity index is 1.13. The van der Waals surface area contributed by atoms with Gasteiger partial charge in [0.25, 0.3) is 6.33 Å². The quantitative estimate of drug-likeness (QED) is 0.0625. The molecular formula is C82H68N4OSi. The van der Waals surface area contributed by atoms with E-state index in [-0.39, 0.29) is 38.4 Å². The van der Waals surface area contributed by atoms with Crippen molar-refractivity contribution in [2.45, 2.75) is 66.1 Å². The molecule has 6 heteroatoms. The number of aromatic nitrogens is 4. The molecule has 0 spiro atoms. The number of para-hydroxylation sites is 1. The third-order valence-corrected chi connectivity index (χ3v) is 21.0. The van der Waals surface area contributed by atoms with Crippen LogP contribution in [0.5, 0.6) is 11.5 Å². The second-order valence-corrected chi connectivity index (χ2v) is 27.8. The van der Waals surface area contributed by atoms with Gasteiger partial charge in [0.1, 0.15) is 17.3 Å². The normalized spacial score (nSPS) is 16.0. The van der Waals surface area contributed by atoms with Crippen LogP contribution in [0.2, 0.25) is 0 Å². The molecule has 1 aliphatic heterocycles. The van der Waals surface area contributed by atoms with E-state index in [1.54, 1.807) is 63.9 Å². The Morgan fingerprint density at radius 3 is 1.68 bits per heavy atom. The number of rotatable bonds is 9. The molecule has 5 nitrogen and oxygen atoms in total. The summed E-state index contributed by atoms with van der Waals surface area (Å²) < 4.78 is 211. The number of aryl methyl sites for hydroxylation is 2. The van der Waals surface area contributed by atoms with E-state index in [4.69, 9.17) is 22.1 Å². The number of hydrogen-bond acceptors (Lipinski definition) is 2. The van der Waals surface area contributed by atoms with Gasteiger partial charge in [0.05, 0.1) is 54.0 Å². The van der Waals surface area contributed by atoms with Gasteiger partial charge >= 0.3 is 0 Å². The molecule has 0 fully saturated rings. The molecule has 0 N–H and O–H groups in total. The molecule has 14 aromatic rings. The summed E-state index contributed by atoms with van der Waals surface area (Å²) >= 11 is 0. The zero-order chi connectivity index (χ0) is 78.1. The van der Waals surface area contributed by atoms with Crippen LogP contribution in [0.1, 0.15) is 92.6 Å². The summed E-state index contributed by atoms with van der Waals surface area (Å²) in [6.07, 6.45) is 5.51. The van der Waals surface area contributed by atoms with Crippen molar-refractivity contribution in [1.82, 2.24) is 14.1 Å². The van der Waals surface area contributed by atoms with Gasteiger partial charge < -0.3 is 4.74 Å². The number of benzene rings is 11. The number of fused-ring (bicyclic) bond motifs is 10. The van der Waals surface area contributed by atoms with Crippen LogP contribution in [-0.4, -0.2) is 22.2 Å². The molecule has 3 aromatic heterocycles. The average Bonchev–Trinajstić information content (AvgIpc) is 1.52. The number of ether oxygens (including phenoxy) is 1. The molecule has 0 amide bonds. The van der Waals surface area contributed by atoms with E-state index in [1.165, 1.54) is 18.2 Å². The van der Waals surface area contributed by atoms with Crippen LogP contribution >= 0.6 is 0 Å². The lowest BCUT2D eigenvalue weighted by Gasteiger charge is -2.35. The molecule has 4 heterocycles. The lowest BCUT2D eigenvalue weighted by atomic mass is 9.78. The smallest absolute Gasteiger partial charge is 0.269 e. The van der Waals surface area contributed by atoms with E-state index in [2.05, 4.69) is 43.8 Å². The fourth-order valence-corrected chi connectivity index (χ4v) is 16.6. The third kappa shape index (κ3) is 8.96. The summed E-state index contributed by atoms with van der Waals surface area (Å²) in [6, 6.07) is 36.8. The van der Waals surface area contributed by atoms with Crippen molar-refractivity contribution in [1.29, 1.82) is 0 Å². The predicted molar refractivity (Wildman–Crippen MR) is 368 cm³/mol. The first kappa shape index (κ1) is 36.1. The minimum atomic E-state index is -5.90. The number of pyridine rings is 1. The summed E-state index contributed by atoms with van der Waals surface area (Å²) in [5.41, 5.74) is 6.05. The maximum absolute atomic E-state index is 10.1. The SMILES string of the molecule is [2H]c1c([2H])c([2H])c([Si](c2cc3c4c(c2)n(-c2cccc(Oc5ccc6c7ccccc7n(-c7cc(C(C)(C)C)ccn7)c6c5)c2)[c-][n+]4-c2cc(C(C)(C)C)c(-c4c(C([2H])([2H])[2H])cccc4C([2H])([2H])[2H])cc2-c2ccccc2-c2ccccc2-3)(c2c([2H])c([2H])c([2H])c([2H])c2[2H])c2c([2H])c([2H])c([2H])c([2H])c2[2H])c([2H])c1[2H]. The molecule has 0 saturated carbocycles. The molecule has 0 saturated heterocycles. The first-order valence-electron chi connectivity index (χ1n) is 39.4. The molecule has 88 heavy (non-hydrogen) atoms. The zero-order valence-corrected chi connectivity index (χ0v) is 49.9. The van der Waals surface area contributed by atoms with Crippen molar-refractivity contribution in [3.8, 4) is 73.2 Å². The summed E-state index contributed by atoms with van der Waals surface area (Å²) in [7, 11) is -5.90. The van der Waals surface area contributed by atoms with E-state index in [0.29, 0.717) is 73.2 Å². The maximum Gasteiger partial charge on any atom is 0.269 e. The van der Waals surface area contributed by atoms with Gasteiger partial charge in [-0.2, -0.15) is 0 Å². The zero-order valence-electron chi connectivity index (χ0n) is 69.9. The van der Waals surface area contributed by atoms with Gasteiger partial charge in [-0.05, 0) is 173 Å². The van der Waals surface area contributed by atoms with Crippen LogP contribution in [0.3, 0.4) is 0 Å². The van der Waals surface area contributed by atoms with Crippen molar-refractivity contribution in [3.05, 3.63) is 295 Å². The highest BCUT2D eigenvalue weighted by atomic mass is 28.3. The van der Waals surface area contributed by atoms with Gasteiger partial charge in [-0.15, -0.1) is 0 Å². The monoisotopic (exact) mass is 1170 g/mol. The highest BCUT2D eigenvalue weighted by Crippen LogP contribution is 2.47. The second kappa shape index (κ2) is 21.1. The van der Waals surface area contributed by atoms with E-state index < -0.39 is 133 Å². The summed E-state index contributed by atoms with van der Waals surface area (Å²) in [5.74, 6) is 1.41. The molecule has 0 bridgehead atoms. The van der Waals surface area contributed by atoms with Crippen molar-refractivity contribution in [3.63, 3.8) is 0 Å². The summed E-state index contributed by atoms with van der Waals surface area (Å²) in [5, 5.41) is -0.334. The summed E-state index contributed by atoms with van der Waals surface area (Å²) in [4.78, 5) is 4.89. The fourth-order valence-electron chi connectivity index (χ4n) is 12.8. The van der Waals surface area contributed by atoms with Gasteiger partial charge in [0.2, 0.25) is 0 Å². The lowest BCUT2D eigenvalue weighted by Crippen LogP contribution is -2.74. The minimum Gasteiger partial charge on any atom is -0.458 e. The highest BCUT2D eigenvalue weighted by Gasteiger charge is 2.43. The highest BCUT2D eigenvalue weighted by molar-refractivity contribution is 7.20. The van der Waals surface area contributed by atoms with Gasteiger partial charge in [-0.3, -0.25) is 13.7 Å². The predicted octanol–water partition coefficient (Wildman–Crippen LogP) is 17.6. The van der Waals surface area contributed by atoms with Gasteiger partial charge in [0, 0.05) is 31.3 Å². The Labute approximate surface area is 546 Å². The first-order chi connectivity index (χ1) is 51.4. The van der Waals surface area contributed by atoms with Crippen molar-refractivity contribution in [2.75, 3.05) is 0 Å². The molecule has 0 radical (unpaired) electrons. The number of imidazole rings is 1. The number of hydrogen-bond donors (Lipinski definition) is 0. The fraction of sp³-hybridized carbons (Fsp3) is 0.122. The lowest BCUT2D eigenvalue weighted by molar-refractivity contribution is -0.571.